The minimum atomic E-state index is -4.67. The number of amides is 1. The second-order valence-electron chi connectivity index (χ2n) is 10.7. The number of carbonyl (C=O) groups is 1. The fraction of sp³-hybridized carbons (Fsp3) is 0.536. The third-order valence-electron chi connectivity index (χ3n) is 8.25. The molecule has 202 valence electrons. The molecule has 1 heterocycles. The summed E-state index contributed by atoms with van der Waals surface area (Å²) in [6.45, 7) is 4.92. The van der Waals surface area contributed by atoms with E-state index in [1.54, 1.807) is 12.1 Å². The average Bonchev–Trinajstić information content (AvgIpc) is 3.29. The Hall–Kier alpha value is -2.52. The molecule has 4 nitrogen and oxygen atoms in total. The molecule has 0 radical (unpaired) electrons. The summed E-state index contributed by atoms with van der Waals surface area (Å²) in [6.07, 6.45) is -2.62. The van der Waals surface area contributed by atoms with Crippen LogP contribution in [0, 0.1) is 23.0 Å². The molecule has 1 aliphatic heterocycles. The molecule has 0 spiro atoms. The highest BCUT2D eigenvalue weighted by Crippen LogP contribution is 2.47. The van der Waals surface area contributed by atoms with E-state index in [0.29, 0.717) is 31.9 Å². The summed E-state index contributed by atoms with van der Waals surface area (Å²) in [7, 11) is 0. The number of alkyl halides is 3. The van der Waals surface area contributed by atoms with Gasteiger partial charge in [-0.3, -0.25) is 9.69 Å². The Morgan fingerprint density at radius 1 is 1.11 bits per heavy atom. The molecule has 2 N–H and O–H groups in total. The third-order valence-corrected chi connectivity index (χ3v) is 8.25. The van der Waals surface area contributed by atoms with Crippen LogP contribution in [-0.4, -0.2) is 41.1 Å². The summed E-state index contributed by atoms with van der Waals surface area (Å²) in [5.74, 6) is -1.66. The maximum atomic E-state index is 13.8. The van der Waals surface area contributed by atoms with Crippen molar-refractivity contribution in [3.63, 3.8) is 0 Å². The van der Waals surface area contributed by atoms with Crippen LogP contribution < -0.4 is 5.32 Å². The average molecular weight is 525 g/mol. The summed E-state index contributed by atoms with van der Waals surface area (Å²) < 4.78 is 66.2. The number of β-amino-alcohol motifs (C(OH)–C–C–N with tert-alkyl or cyclic N) is 1. The second kappa shape index (κ2) is 10.7. The Morgan fingerprint density at radius 2 is 1.81 bits per heavy atom. The molecule has 1 saturated carbocycles. The minimum absolute atomic E-state index is 0.0163. The largest absolute Gasteiger partial charge is 0.416 e. The van der Waals surface area contributed by atoms with Crippen LogP contribution in [0.2, 0.25) is 0 Å². The fourth-order valence-corrected chi connectivity index (χ4v) is 6.01. The van der Waals surface area contributed by atoms with Crippen molar-refractivity contribution in [2.24, 2.45) is 11.3 Å². The lowest BCUT2D eigenvalue weighted by Gasteiger charge is -2.40. The number of piperidine rings is 1. The van der Waals surface area contributed by atoms with Gasteiger partial charge in [0, 0.05) is 25.0 Å². The van der Waals surface area contributed by atoms with Gasteiger partial charge in [0.1, 0.15) is 11.6 Å². The van der Waals surface area contributed by atoms with Crippen LogP contribution >= 0.6 is 0 Å². The summed E-state index contributed by atoms with van der Waals surface area (Å²) in [6, 6.07) is 8.59. The maximum absolute atomic E-state index is 13.8. The van der Waals surface area contributed by atoms with Crippen LogP contribution in [-0.2, 0) is 17.5 Å². The number of benzene rings is 2. The van der Waals surface area contributed by atoms with Crippen LogP contribution in [0.5, 0.6) is 0 Å². The molecular weight excluding hydrogens is 491 g/mol. The van der Waals surface area contributed by atoms with Crippen LogP contribution in [0.3, 0.4) is 0 Å². The Bertz CT molecular complexity index is 1100. The zero-order chi connectivity index (χ0) is 27.0. The van der Waals surface area contributed by atoms with Crippen molar-refractivity contribution in [3.8, 4) is 0 Å². The summed E-state index contributed by atoms with van der Waals surface area (Å²) in [5.41, 5.74) is -0.829. The van der Waals surface area contributed by atoms with E-state index in [1.165, 1.54) is 12.1 Å². The smallest absolute Gasteiger partial charge is 0.391 e. The summed E-state index contributed by atoms with van der Waals surface area (Å²) in [5, 5.41) is 13.6. The van der Waals surface area contributed by atoms with Gasteiger partial charge in [-0.2, -0.15) is 13.2 Å². The highest BCUT2D eigenvalue weighted by Gasteiger charge is 2.49. The van der Waals surface area contributed by atoms with Crippen LogP contribution in [0.4, 0.5) is 22.0 Å². The number of rotatable bonds is 6. The molecule has 1 saturated heterocycles. The van der Waals surface area contributed by atoms with Crippen molar-refractivity contribution < 1.29 is 31.9 Å². The van der Waals surface area contributed by atoms with E-state index in [2.05, 4.69) is 10.2 Å². The number of nitrogens with one attached hydrogen (secondary N) is 1. The molecule has 2 aromatic carbocycles. The van der Waals surface area contributed by atoms with Gasteiger partial charge < -0.3 is 10.4 Å². The Labute approximate surface area is 213 Å². The molecule has 4 rings (SSSR count). The van der Waals surface area contributed by atoms with Crippen molar-refractivity contribution in [2.45, 2.75) is 70.3 Å². The SMILES string of the molecule is CC(C)C1(C(=O)NCc2cc(F)cc(C(F)(F)F)c2)CCC(N2CCC(c3ccc(F)cc3)[C@H](O)C2)C1. The lowest BCUT2D eigenvalue weighted by atomic mass is 9.74. The van der Waals surface area contributed by atoms with Crippen molar-refractivity contribution in [1.29, 1.82) is 0 Å². The first kappa shape index (κ1) is 27.5. The normalized spacial score (nSPS) is 27.0. The molecule has 0 bridgehead atoms. The van der Waals surface area contributed by atoms with E-state index in [0.717, 1.165) is 30.7 Å². The van der Waals surface area contributed by atoms with Crippen molar-refractivity contribution in [2.75, 3.05) is 13.1 Å². The lowest BCUT2D eigenvalue weighted by molar-refractivity contribution is -0.137. The first-order valence-electron chi connectivity index (χ1n) is 12.7. The van der Waals surface area contributed by atoms with Gasteiger partial charge in [-0.15, -0.1) is 0 Å². The number of nitrogens with zero attached hydrogens (tertiary/aromatic N) is 1. The van der Waals surface area contributed by atoms with Gasteiger partial charge in [-0.25, -0.2) is 8.78 Å². The van der Waals surface area contributed by atoms with Gasteiger partial charge in [-0.05, 0) is 79.6 Å². The maximum Gasteiger partial charge on any atom is 0.416 e. The van der Waals surface area contributed by atoms with Crippen LogP contribution in [0.15, 0.2) is 42.5 Å². The quantitative estimate of drug-likeness (QED) is 0.481. The molecule has 4 atom stereocenters. The summed E-state index contributed by atoms with van der Waals surface area (Å²) in [4.78, 5) is 15.6. The molecule has 1 aliphatic carbocycles. The summed E-state index contributed by atoms with van der Waals surface area (Å²) >= 11 is 0. The van der Waals surface area contributed by atoms with E-state index in [9.17, 15) is 31.9 Å². The number of hydrogen-bond donors (Lipinski definition) is 2. The molecule has 2 aliphatic rings. The van der Waals surface area contributed by atoms with Gasteiger partial charge in [0.25, 0.3) is 0 Å². The molecule has 3 unspecified atom stereocenters. The van der Waals surface area contributed by atoms with Crippen molar-refractivity contribution in [1.82, 2.24) is 10.2 Å². The van der Waals surface area contributed by atoms with E-state index >= 15 is 0 Å². The van der Waals surface area contributed by atoms with Crippen LogP contribution in [0.25, 0.3) is 0 Å². The minimum Gasteiger partial charge on any atom is -0.391 e. The predicted octanol–water partition coefficient (Wildman–Crippen LogP) is 5.65. The highest BCUT2D eigenvalue weighted by atomic mass is 19.4. The number of carbonyl (C=O) groups excluding carboxylic acids is 1. The topological polar surface area (TPSA) is 52.6 Å². The van der Waals surface area contributed by atoms with E-state index in [4.69, 9.17) is 0 Å². The van der Waals surface area contributed by atoms with Gasteiger partial charge >= 0.3 is 6.18 Å². The predicted molar refractivity (Wildman–Crippen MR) is 129 cm³/mol. The number of hydrogen-bond acceptors (Lipinski definition) is 3. The first-order valence-corrected chi connectivity index (χ1v) is 12.7. The highest BCUT2D eigenvalue weighted by molar-refractivity contribution is 5.83. The van der Waals surface area contributed by atoms with Gasteiger partial charge in [-0.1, -0.05) is 26.0 Å². The Balaban J connectivity index is 1.40. The number of likely N-dealkylation sites (tertiary alicyclic amines) is 1. The standard InChI is InChI=1S/C28H33F5N2O2/c1-17(2)27(26(37)34-15-18-11-20(28(31,32)33)13-22(30)12-18)9-7-23(14-27)35-10-8-24(25(36)16-35)19-3-5-21(29)6-4-19/h3-6,11-13,17,23-25,36H,7-10,14-16H2,1-2H3,(H,34,37)/t23?,24?,25-,27?/m1/s1. The molecule has 2 fully saturated rings. The van der Waals surface area contributed by atoms with Gasteiger partial charge in [0.2, 0.25) is 5.91 Å². The zero-order valence-corrected chi connectivity index (χ0v) is 21.0. The molecule has 37 heavy (non-hydrogen) atoms. The van der Waals surface area contributed by atoms with Gasteiger partial charge in [0.15, 0.2) is 0 Å². The van der Waals surface area contributed by atoms with Crippen LogP contribution in [0.1, 0.15) is 62.1 Å². The van der Waals surface area contributed by atoms with Gasteiger partial charge in [0.05, 0.1) is 17.1 Å². The van der Waals surface area contributed by atoms with E-state index in [1.807, 2.05) is 13.8 Å². The number of aliphatic hydroxyl groups excluding tert-OH is 1. The monoisotopic (exact) mass is 524 g/mol. The fourth-order valence-electron chi connectivity index (χ4n) is 6.01. The molecular formula is C28H33F5N2O2. The first-order chi connectivity index (χ1) is 17.4. The number of halogens is 5. The lowest BCUT2D eigenvalue weighted by Crippen LogP contribution is -2.48. The third kappa shape index (κ3) is 5.98. The Kier molecular flexibility index (Phi) is 7.95. The second-order valence-corrected chi connectivity index (χ2v) is 10.7. The molecule has 2 aromatic rings. The Morgan fingerprint density at radius 3 is 2.43 bits per heavy atom. The van der Waals surface area contributed by atoms with E-state index in [-0.39, 0.29) is 41.7 Å². The molecule has 1 amide bonds. The van der Waals surface area contributed by atoms with Crippen molar-refractivity contribution >= 4 is 5.91 Å². The number of aliphatic hydroxyl groups is 1. The molecule has 0 aromatic heterocycles. The zero-order valence-electron chi connectivity index (χ0n) is 21.0. The van der Waals surface area contributed by atoms with Crippen molar-refractivity contribution in [3.05, 3.63) is 70.8 Å². The van der Waals surface area contributed by atoms with E-state index < -0.39 is 29.1 Å². The molecule has 9 heteroatoms.